The van der Waals surface area contributed by atoms with E-state index >= 15 is 0 Å². The maximum atomic E-state index is 11.7. The number of carbonyl (C=O) groups is 3. The van der Waals surface area contributed by atoms with Gasteiger partial charge in [0.05, 0.1) is 19.1 Å². The molecule has 7 heteroatoms. The molecule has 108 valence electrons. The van der Waals surface area contributed by atoms with E-state index in [4.69, 9.17) is 10.8 Å². The molecule has 1 unspecified atom stereocenters. The quantitative estimate of drug-likeness (QED) is 0.462. The molecule has 5 N–H and O–H groups in total. The van der Waals surface area contributed by atoms with Crippen molar-refractivity contribution in [3.8, 4) is 5.75 Å². The third-order valence-electron chi connectivity index (χ3n) is 2.53. The fourth-order valence-corrected chi connectivity index (χ4v) is 1.50. The van der Waals surface area contributed by atoms with Gasteiger partial charge in [-0.2, -0.15) is 0 Å². The number of benzene rings is 1. The van der Waals surface area contributed by atoms with E-state index in [2.05, 4.69) is 10.6 Å². The summed E-state index contributed by atoms with van der Waals surface area (Å²) in [6, 6.07) is 5.55. The van der Waals surface area contributed by atoms with Crippen LogP contribution in [-0.2, 0) is 20.8 Å². The summed E-state index contributed by atoms with van der Waals surface area (Å²) in [5, 5.41) is 13.8. The van der Waals surface area contributed by atoms with Gasteiger partial charge in [0.2, 0.25) is 11.8 Å². The third kappa shape index (κ3) is 5.49. The molecular formula is C13H17N3O4. The van der Waals surface area contributed by atoms with Crippen LogP contribution in [0.5, 0.6) is 5.75 Å². The van der Waals surface area contributed by atoms with Gasteiger partial charge in [-0.15, -0.1) is 0 Å². The predicted octanol–water partition coefficient (Wildman–Crippen LogP) is -1.31. The van der Waals surface area contributed by atoms with E-state index in [9.17, 15) is 14.4 Å². The second kappa shape index (κ2) is 7.90. The van der Waals surface area contributed by atoms with Gasteiger partial charge < -0.3 is 26.3 Å². The highest BCUT2D eigenvalue weighted by Crippen LogP contribution is 2.10. The molecule has 0 aliphatic carbocycles. The van der Waals surface area contributed by atoms with Crippen molar-refractivity contribution in [3.05, 3.63) is 29.8 Å². The van der Waals surface area contributed by atoms with Gasteiger partial charge in [0.1, 0.15) is 12.0 Å². The van der Waals surface area contributed by atoms with Crippen molar-refractivity contribution in [2.24, 2.45) is 5.73 Å². The summed E-state index contributed by atoms with van der Waals surface area (Å²) in [6.45, 7) is -0.315. The molecule has 1 atom stereocenters. The lowest BCUT2D eigenvalue weighted by Crippen LogP contribution is -2.46. The first kappa shape index (κ1) is 15.6. The summed E-state index contributed by atoms with van der Waals surface area (Å²) in [5.74, 6) is -0.778. The molecule has 1 rings (SSSR count). The predicted molar refractivity (Wildman–Crippen MR) is 71.9 cm³/mol. The number of nitrogens with two attached hydrogens (primary N) is 1. The van der Waals surface area contributed by atoms with Crippen molar-refractivity contribution >= 4 is 18.1 Å². The number of carbonyl (C=O) groups excluding carboxylic acids is 3. The van der Waals surface area contributed by atoms with E-state index < -0.39 is 17.9 Å². The van der Waals surface area contributed by atoms with Gasteiger partial charge in [0, 0.05) is 0 Å². The molecule has 20 heavy (non-hydrogen) atoms. The highest BCUT2D eigenvalue weighted by Gasteiger charge is 2.14. The normalized spacial score (nSPS) is 11.4. The molecule has 0 radical (unpaired) electrons. The molecule has 0 aromatic heterocycles. The molecule has 1 aromatic carbocycles. The highest BCUT2D eigenvalue weighted by atomic mass is 16.3. The second-order valence-electron chi connectivity index (χ2n) is 4.17. The van der Waals surface area contributed by atoms with Crippen LogP contribution in [0.25, 0.3) is 0 Å². The second-order valence-corrected chi connectivity index (χ2v) is 4.17. The fourth-order valence-electron chi connectivity index (χ4n) is 1.50. The number of aldehydes is 1. The number of nitrogens with one attached hydrogen (secondary N) is 2. The SMILES string of the molecule is NC(Cc1ccc(O)cc1)C(=O)NCC(=O)NCC=O. The topological polar surface area (TPSA) is 122 Å². The molecule has 0 bridgehead atoms. The maximum absolute atomic E-state index is 11.7. The molecule has 0 fully saturated rings. The Balaban J connectivity index is 2.37. The highest BCUT2D eigenvalue weighted by molar-refractivity contribution is 5.88. The van der Waals surface area contributed by atoms with Crippen molar-refractivity contribution in [1.29, 1.82) is 0 Å². The van der Waals surface area contributed by atoms with Crippen LogP contribution >= 0.6 is 0 Å². The Bertz CT molecular complexity index is 473. The van der Waals surface area contributed by atoms with Gasteiger partial charge in [-0.25, -0.2) is 0 Å². The van der Waals surface area contributed by atoms with Crippen LogP contribution in [0, 0.1) is 0 Å². The Morgan fingerprint density at radius 3 is 2.50 bits per heavy atom. The molecule has 2 amide bonds. The van der Waals surface area contributed by atoms with Crippen LogP contribution in [0.2, 0.25) is 0 Å². The van der Waals surface area contributed by atoms with Crippen molar-refractivity contribution in [3.63, 3.8) is 0 Å². The molecule has 0 spiro atoms. The van der Waals surface area contributed by atoms with Gasteiger partial charge in [-0.1, -0.05) is 12.1 Å². The van der Waals surface area contributed by atoms with Crippen molar-refractivity contribution < 1.29 is 19.5 Å². The lowest BCUT2D eigenvalue weighted by Gasteiger charge is -2.12. The van der Waals surface area contributed by atoms with Crippen LogP contribution in [0.15, 0.2) is 24.3 Å². The third-order valence-corrected chi connectivity index (χ3v) is 2.53. The van der Waals surface area contributed by atoms with Crippen LogP contribution in [0.3, 0.4) is 0 Å². The number of hydrogen-bond acceptors (Lipinski definition) is 5. The summed E-state index contributed by atoms with van der Waals surface area (Å²) in [4.78, 5) is 32.9. The van der Waals surface area contributed by atoms with Crippen molar-refractivity contribution in [2.45, 2.75) is 12.5 Å². The first-order chi connectivity index (χ1) is 9.52. The number of hydrogen-bond donors (Lipinski definition) is 4. The van der Waals surface area contributed by atoms with E-state index in [1.165, 1.54) is 12.1 Å². The van der Waals surface area contributed by atoms with E-state index in [0.717, 1.165) is 5.56 Å². The first-order valence-corrected chi connectivity index (χ1v) is 6.04. The summed E-state index contributed by atoms with van der Waals surface area (Å²) >= 11 is 0. The minimum atomic E-state index is -0.793. The molecule has 1 aromatic rings. The molecule has 0 saturated carbocycles. The standard InChI is InChI=1S/C13H17N3O4/c14-11(7-9-1-3-10(18)4-2-9)13(20)16-8-12(19)15-5-6-17/h1-4,6,11,18H,5,7-8,14H2,(H,15,19)(H,16,20). The van der Waals surface area contributed by atoms with E-state index in [-0.39, 0.29) is 18.8 Å². The van der Waals surface area contributed by atoms with Gasteiger partial charge >= 0.3 is 0 Å². The number of amides is 2. The lowest BCUT2D eigenvalue weighted by molar-refractivity contribution is -0.127. The zero-order valence-electron chi connectivity index (χ0n) is 10.8. The number of aromatic hydroxyl groups is 1. The number of phenolic OH excluding ortho intramolecular Hbond substituents is 1. The van der Waals surface area contributed by atoms with E-state index in [1.54, 1.807) is 12.1 Å². The Labute approximate surface area is 116 Å². The molecule has 0 saturated heterocycles. The summed E-state index contributed by atoms with van der Waals surface area (Å²) in [5.41, 5.74) is 6.51. The Hall–Kier alpha value is -2.41. The monoisotopic (exact) mass is 279 g/mol. The summed E-state index contributed by atoms with van der Waals surface area (Å²) < 4.78 is 0. The fraction of sp³-hybridized carbons (Fsp3) is 0.308. The van der Waals surface area contributed by atoms with Crippen molar-refractivity contribution in [1.82, 2.24) is 10.6 Å². The average Bonchev–Trinajstić information content (AvgIpc) is 2.44. The summed E-state index contributed by atoms with van der Waals surface area (Å²) in [6.07, 6.45) is 0.846. The molecule has 0 aliphatic rings. The van der Waals surface area contributed by atoms with Crippen LogP contribution in [-0.4, -0.2) is 42.3 Å². The van der Waals surface area contributed by atoms with Crippen LogP contribution in [0.4, 0.5) is 0 Å². The number of phenols is 1. The first-order valence-electron chi connectivity index (χ1n) is 6.04. The lowest BCUT2D eigenvalue weighted by atomic mass is 10.1. The minimum Gasteiger partial charge on any atom is -0.508 e. The van der Waals surface area contributed by atoms with Crippen LogP contribution in [0.1, 0.15) is 5.56 Å². The van der Waals surface area contributed by atoms with Gasteiger partial charge in [0.15, 0.2) is 0 Å². The Kier molecular flexibility index (Phi) is 6.18. The van der Waals surface area contributed by atoms with Gasteiger partial charge in [0.25, 0.3) is 0 Å². The minimum absolute atomic E-state index is 0.0890. The molecular weight excluding hydrogens is 262 g/mol. The Morgan fingerprint density at radius 2 is 1.90 bits per heavy atom. The largest absolute Gasteiger partial charge is 0.508 e. The Morgan fingerprint density at radius 1 is 1.25 bits per heavy atom. The van der Waals surface area contributed by atoms with E-state index in [0.29, 0.717) is 12.7 Å². The molecule has 7 nitrogen and oxygen atoms in total. The van der Waals surface area contributed by atoms with Gasteiger partial charge in [-0.05, 0) is 24.1 Å². The van der Waals surface area contributed by atoms with E-state index in [1.807, 2.05) is 0 Å². The summed E-state index contributed by atoms with van der Waals surface area (Å²) in [7, 11) is 0. The average molecular weight is 279 g/mol. The molecule has 0 heterocycles. The zero-order valence-corrected chi connectivity index (χ0v) is 10.8. The zero-order chi connectivity index (χ0) is 15.0. The van der Waals surface area contributed by atoms with Crippen LogP contribution < -0.4 is 16.4 Å². The van der Waals surface area contributed by atoms with Gasteiger partial charge in [-0.3, -0.25) is 9.59 Å². The maximum Gasteiger partial charge on any atom is 0.239 e. The van der Waals surface area contributed by atoms with Crippen molar-refractivity contribution in [2.75, 3.05) is 13.1 Å². The number of rotatable bonds is 7. The smallest absolute Gasteiger partial charge is 0.239 e. The molecule has 0 aliphatic heterocycles.